The summed E-state index contributed by atoms with van der Waals surface area (Å²) in [7, 11) is 0. The van der Waals surface area contributed by atoms with Crippen molar-refractivity contribution in [1.29, 1.82) is 0 Å². The van der Waals surface area contributed by atoms with E-state index in [9.17, 15) is 9.59 Å². The van der Waals surface area contributed by atoms with Gasteiger partial charge in [-0.05, 0) is 32.7 Å². The van der Waals surface area contributed by atoms with Crippen molar-refractivity contribution in [3.63, 3.8) is 0 Å². The Morgan fingerprint density at radius 1 is 1.47 bits per heavy atom. The van der Waals surface area contributed by atoms with E-state index in [1.54, 1.807) is 20.8 Å². The molecule has 0 saturated carbocycles. The molecule has 1 unspecified atom stereocenters. The van der Waals surface area contributed by atoms with Crippen LogP contribution in [0.15, 0.2) is 0 Å². The second kappa shape index (κ2) is 7.00. The number of aliphatic carboxylic acids is 1. The van der Waals surface area contributed by atoms with Gasteiger partial charge in [0.25, 0.3) is 0 Å². The number of ether oxygens (including phenoxy) is 1. The minimum absolute atomic E-state index is 0.0432. The van der Waals surface area contributed by atoms with Crippen LogP contribution in [0.1, 0.15) is 27.7 Å². The molecule has 17 heavy (non-hydrogen) atoms. The van der Waals surface area contributed by atoms with Gasteiger partial charge in [0, 0.05) is 11.5 Å². The van der Waals surface area contributed by atoms with Crippen molar-refractivity contribution in [2.75, 3.05) is 11.5 Å². The van der Waals surface area contributed by atoms with Crippen molar-refractivity contribution in [2.24, 2.45) is 0 Å². The van der Waals surface area contributed by atoms with Crippen molar-refractivity contribution >= 4 is 36.6 Å². The highest BCUT2D eigenvalue weighted by molar-refractivity contribution is 7.97. The van der Waals surface area contributed by atoms with Crippen molar-refractivity contribution in [3.8, 4) is 0 Å². The Labute approximate surface area is 111 Å². The van der Waals surface area contributed by atoms with Crippen LogP contribution in [0.25, 0.3) is 0 Å². The molecule has 0 heterocycles. The summed E-state index contributed by atoms with van der Waals surface area (Å²) in [6.45, 7) is 7.03. The van der Waals surface area contributed by atoms with Crippen LogP contribution < -0.4 is 0 Å². The molecule has 0 spiro atoms. The molecule has 0 aromatic carbocycles. The molecule has 5 nitrogen and oxygen atoms in total. The highest BCUT2D eigenvalue weighted by Gasteiger charge is 2.32. The number of amides is 1. The Hall–Kier alpha value is -0.560. The van der Waals surface area contributed by atoms with Gasteiger partial charge in [0.1, 0.15) is 5.60 Å². The Kier molecular flexibility index (Phi) is 6.77. The number of nitrogens with zero attached hydrogens (tertiary/aromatic N) is 1. The first-order chi connectivity index (χ1) is 7.72. The van der Waals surface area contributed by atoms with E-state index in [0.717, 1.165) is 16.3 Å². The standard InChI is InChI=1S/C10H19NO4S2/c1-5-17-11(7(6-16)8(12)13)9(14)15-10(2,3)4/h7,16H,5-6H2,1-4H3,(H,12,13). The van der Waals surface area contributed by atoms with Crippen LogP contribution in [-0.2, 0) is 9.53 Å². The quantitative estimate of drug-likeness (QED) is 0.598. The second-order valence-corrected chi connectivity index (χ2v) is 5.85. The third kappa shape index (κ3) is 6.07. The van der Waals surface area contributed by atoms with Gasteiger partial charge in [-0.15, -0.1) is 0 Å². The largest absolute Gasteiger partial charge is 0.480 e. The van der Waals surface area contributed by atoms with Gasteiger partial charge in [0.2, 0.25) is 0 Å². The lowest BCUT2D eigenvalue weighted by Crippen LogP contribution is -2.44. The first-order valence-electron chi connectivity index (χ1n) is 5.21. The van der Waals surface area contributed by atoms with E-state index in [0.29, 0.717) is 5.75 Å². The second-order valence-electron chi connectivity index (χ2n) is 4.26. The molecule has 0 rings (SSSR count). The van der Waals surface area contributed by atoms with E-state index >= 15 is 0 Å². The minimum Gasteiger partial charge on any atom is -0.480 e. The lowest BCUT2D eigenvalue weighted by atomic mass is 10.2. The molecular formula is C10H19NO4S2. The fraction of sp³-hybridized carbons (Fsp3) is 0.800. The Morgan fingerprint density at radius 3 is 2.29 bits per heavy atom. The lowest BCUT2D eigenvalue weighted by Gasteiger charge is -2.29. The fourth-order valence-corrected chi connectivity index (χ4v) is 2.16. The molecule has 100 valence electrons. The summed E-state index contributed by atoms with van der Waals surface area (Å²) in [5, 5.41) is 9.01. The van der Waals surface area contributed by atoms with Crippen molar-refractivity contribution < 1.29 is 19.4 Å². The zero-order valence-electron chi connectivity index (χ0n) is 10.5. The highest BCUT2D eigenvalue weighted by Crippen LogP contribution is 2.20. The molecule has 0 fully saturated rings. The third-order valence-electron chi connectivity index (χ3n) is 1.58. The first kappa shape index (κ1) is 16.4. The molecule has 1 atom stereocenters. The van der Waals surface area contributed by atoms with E-state index in [1.807, 2.05) is 6.92 Å². The number of carboxylic acids is 1. The maximum atomic E-state index is 11.8. The van der Waals surface area contributed by atoms with Crippen LogP contribution >= 0.6 is 24.6 Å². The van der Waals surface area contributed by atoms with E-state index < -0.39 is 23.7 Å². The van der Waals surface area contributed by atoms with Gasteiger partial charge in [0.15, 0.2) is 6.04 Å². The van der Waals surface area contributed by atoms with Gasteiger partial charge < -0.3 is 9.84 Å². The molecule has 1 amide bonds. The normalized spacial score (nSPS) is 13.0. The van der Waals surface area contributed by atoms with Gasteiger partial charge in [0.05, 0.1) is 0 Å². The summed E-state index contributed by atoms with van der Waals surface area (Å²) < 4.78 is 6.28. The van der Waals surface area contributed by atoms with Crippen LogP contribution in [0.4, 0.5) is 4.79 Å². The molecule has 0 bridgehead atoms. The first-order valence-corrected chi connectivity index (χ1v) is 6.79. The summed E-state index contributed by atoms with van der Waals surface area (Å²) in [6.07, 6.45) is -0.647. The number of carbonyl (C=O) groups excluding carboxylic acids is 1. The zero-order valence-corrected chi connectivity index (χ0v) is 12.2. The van der Waals surface area contributed by atoms with Gasteiger partial charge in [-0.1, -0.05) is 6.92 Å². The lowest BCUT2D eigenvalue weighted by molar-refractivity contribution is -0.140. The summed E-state index contributed by atoms with van der Waals surface area (Å²) in [5.41, 5.74) is -0.650. The van der Waals surface area contributed by atoms with Gasteiger partial charge >= 0.3 is 12.1 Å². The average molecular weight is 281 g/mol. The SMILES string of the molecule is CCSN(C(=O)OC(C)(C)C)C(CS)C(=O)O. The molecular weight excluding hydrogens is 262 g/mol. The maximum Gasteiger partial charge on any atom is 0.421 e. The summed E-state index contributed by atoms with van der Waals surface area (Å²) >= 11 is 5.06. The Bertz CT molecular complexity index is 278. The van der Waals surface area contributed by atoms with Crippen molar-refractivity contribution in [2.45, 2.75) is 39.3 Å². The molecule has 0 radical (unpaired) electrons. The van der Waals surface area contributed by atoms with Gasteiger partial charge in [-0.25, -0.2) is 13.9 Å². The number of rotatable bonds is 5. The molecule has 7 heteroatoms. The van der Waals surface area contributed by atoms with Crippen molar-refractivity contribution in [1.82, 2.24) is 4.31 Å². The highest BCUT2D eigenvalue weighted by atomic mass is 32.2. The smallest absolute Gasteiger partial charge is 0.421 e. The molecule has 0 aliphatic carbocycles. The predicted octanol–water partition coefficient (Wildman–Crippen LogP) is 2.27. The molecule has 0 aromatic rings. The Morgan fingerprint density at radius 2 is 2.00 bits per heavy atom. The monoisotopic (exact) mass is 281 g/mol. The number of carboxylic acid groups (broad SMARTS) is 1. The van der Waals surface area contributed by atoms with Crippen LogP contribution in [0.2, 0.25) is 0 Å². The number of hydrogen-bond donors (Lipinski definition) is 2. The van der Waals surface area contributed by atoms with Crippen LogP contribution in [0.5, 0.6) is 0 Å². The molecule has 0 aromatic heterocycles. The predicted molar refractivity (Wildman–Crippen MR) is 71.5 cm³/mol. The topological polar surface area (TPSA) is 66.8 Å². The van der Waals surface area contributed by atoms with E-state index in [4.69, 9.17) is 9.84 Å². The van der Waals surface area contributed by atoms with Crippen LogP contribution in [0, 0.1) is 0 Å². The van der Waals surface area contributed by atoms with Crippen molar-refractivity contribution in [3.05, 3.63) is 0 Å². The molecule has 0 saturated heterocycles. The Balaban J connectivity index is 4.82. The number of carbonyl (C=O) groups is 2. The average Bonchev–Trinajstić information content (AvgIpc) is 2.14. The molecule has 0 aliphatic rings. The number of thiol groups is 1. The van der Waals surface area contributed by atoms with Crippen LogP contribution in [-0.4, -0.2) is 44.6 Å². The number of hydrogen-bond acceptors (Lipinski definition) is 5. The summed E-state index contributed by atoms with van der Waals surface area (Å²) in [6, 6.07) is -0.988. The summed E-state index contributed by atoms with van der Waals surface area (Å²) in [5.74, 6) is -0.468. The van der Waals surface area contributed by atoms with E-state index in [-0.39, 0.29) is 5.75 Å². The van der Waals surface area contributed by atoms with Gasteiger partial charge in [-0.3, -0.25) is 0 Å². The zero-order chi connectivity index (χ0) is 13.6. The van der Waals surface area contributed by atoms with E-state index in [1.165, 1.54) is 0 Å². The third-order valence-corrected chi connectivity index (χ3v) is 2.87. The summed E-state index contributed by atoms with van der Waals surface area (Å²) in [4.78, 5) is 22.8. The molecule has 1 N–H and O–H groups in total. The molecule has 0 aliphatic heterocycles. The maximum absolute atomic E-state index is 11.8. The van der Waals surface area contributed by atoms with E-state index in [2.05, 4.69) is 12.6 Å². The minimum atomic E-state index is -1.09. The fourth-order valence-electron chi connectivity index (χ4n) is 0.968. The van der Waals surface area contributed by atoms with Gasteiger partial charge in [-0.2, -0.15) is 12.6 Å². The van der Waals surface area contributed by atoms with Crippen LogP contribution in [0.3, 0.4) is 0 Å².